The minimum atomic E-state index is 0.420. The Balaban J connectivity index is 3.07. The van der Waals surface area contributed by atoms with E-state index in [2.05, 4.69) is 0 Å². The lowest BCUT2D eigenvalue weighted by Crippen LogP contribution is -1.71. The molecule has 0 aromatic heterocycles. The molecule has 0 spiro atoms. The average Bonchev–Trinajstić information content (AvgIpc) is 1.61. The summed E-state index contributed by atoms with van der Waals surface area (Å²) >= 11 is 0. The first kappa shape index (κ1) is 5.21. The number of hydrogen-bond acceptors (Lipinski definition) is 1. The monoisotopic (exact) mass is 87.0 g/mol. The molecule has 0 rings (SSSR count). The SMILES string of the molecule is N/C=C\C=C/F. The third-order valence-corrected chi connectivity index (χ3v) is 0.295. The van der Waals surface area contributed by atoms with Crippen molar-refractivity contribution < 1.29 is 4.39 Å². The quantitative estimate of drug-likeness (QED) is 0.473. The maximum atomic E-state index is 10.9. The van der Waals surface area contributed by atoms with Gasteiger partial charge in [0.1, 0.15) is 0 Å². The zero-order chi connectivity index (χ0) is 4.83. The van der Waals surface area contributed by atoms with Gasteiger partial charge >= 0.3 is 0 Å². The first-order chi connectivity index (χ1) is 2.91. The lowest BCUT2D eigenvalue weighted by atomic mass is 10.6. The van der Waals surface area contributed by atoms with Crippen LogP contribution in [0.1, 0.15) is 0 Å². The minimum absolute atomic E-state index is 0.420. The van der Waals surface area contributed by atoms with Gasteiger partial charge in [-0.3, -0.25) is 0 Å². The van der Waals surface area contributed by atoms with E-state index in [1.807, 2.05) is 0 Å². The Kier molecular flexibility index (Phi) is 3.66. The highest BCUT2D eigenvalue weighted by molar-refractivity contribution is 4.96. The minimum Gasteiger partial charge on any atom is -0.405 e. The number of hydrogen-bond donors (Lipinski definition) is 1. The molecule has 0 radical (unpaired) electrons. The molecule has 0 aliphatic rings. The van der Waals surface area contributed by atoms with Gasteiger partial charge in [0.25, 0.3) is 0 Å². The van der Waals surface area contributed by atoms with E-state index in [0.717, 1.165) is 0 Å². The van der Waals surface area contributed by atoms with E-state index in [1.54, 1.807) is 0 Å². The second-order valence-electron chi connectivity index (χ2n) is 0.703. The van der Waals surface area contributed by atoms with Crippen molar-refractivity contribution in [2.45, 2.75) is 0 Å². The fourth-order valence-electron chi connectivity index (χ4n) is 0.106. The standard InChI is InChI=1S/C4H6FN/c5-3-1-2-4-6/h1-4H,6H2/b3-1-,4-2-. The van der Waals surface area contributed by atoms with Crippen LogP contribution in [0.4, 0.5) is 4.39 Å². The highest BCUT2D eigenvalue weighted by Crippen LogP contribution is 1.70. The van der Waals surface area contributed by atoms with Crippen LogP contribution in [0.25, 0.3) is 0 Å². The summed E-state index contributed by atoms with van der Waals surface area (Å²) in [7, 11) is 0. The summed E-state index contributed by atoms with van der Waals surface area (Å²) in [6.07, 6.45) is 4.29. The van der Waals surface area contributed by atoms with Gasteiger partial charge in [-0.15, -0.1) is 0 Å². The van der Waals surface area contributed by atoms with E-state index in [9.17, 15) is 4.39 Å². The summed E-state index contributed by atoms with van der Waals surface area (Å²) < 4.78 is 10.9. The Hall–Kier alpha value is -0.790. The van der Waals surface area contributed by atoms with E-state index in [1.165, 1.54) is 18.4 Å². The van der Waals surface area contributed by atoms with Crippen molar-refractivity contribution in [3.63, 3.8) is 0 Å². The molecular weight excluding hydrogens is 81.0 g/mol. The predicted octanol–water partition coefficient (Wildman–Crippen LogP) is 0.942. The molecule has 0 aromatic carbocycles. The van der Waals surface area contributed by atoms with Crippen LogP contribution in [-0.2, 0) is 0 Å². The number of halogens is 1. The topological polar surface area (TPSA) is 26.0 Å². The molecular formula is C4H6FN. The Morgan fingerprint density at radius 3 is 2.17 bits per heavy atom. The Labute approximate surface area is 36.0 Å². The van der Waals surface area contributed by atoms with Crippen LogP contribution < -0.4 is 5.73 Å². The summed E-state index contributed by atoms with van der Waals surface area (Å²) in [4.78, 5) is 0. The molecule has 1 nitrogen and oxygen atoms in total. The molecule has 0 bridgehead atoms. The van der Waals surface area contributed by atoms with Crippen molar-refractivity contribution >= 4 is 0 Å². The first-order valence-corrected chi connectivity index (χ1v) is 1.55. The average molecular weight is 87.1 g/mol. The Bertz CT molecular complexity index is 55.9. The van der Waals surface area contributed by atoms with Crippen molar-refractivity contribution in [3.05, 3.63) is 24.7 Å². The smallest absolute Gasteiger partial charge is 0.0867 e. The lowest BCUT2D eigenvalue weighted by molar-refractivity contribution is 0.721. The summed E-state index contributed by atoms with van der Waals surface area (Å²) in [5, 5.41) is 0. The van der Waals surface area contributed by atoms with Crippen LogP contribution in [0.2, 0.25) is 0 Å². The van der Waals surface area contributed by atoms with Crippen LogP contribution in [0.5, 0.6) is 0 Å². The molecule has 0 saturated carbocycles. The molecule has 0 aliphatic heterocycles. The van der Waals surface area contributed by atoms with Crippen LogP contribution in [0.3, 0.4) is 0 Å². The summed E-state index contributed by atoms with van der Waals surface area (Å²) in [6.45, 7) is 0. The second-order valence-corrected chi connectivity index (χ2v) is 0.703. The van der Waals surface area contributed by atoms with E-state index in [-0.39, 0.29) is 0 Å². The van der Waals surface area contributed by atoms with Crippen molar-refractivity contribution in [2.24, 2.45) is 5.73 Å². The van der Waals surface area contributed by atoms with E-state index in [4.69, 9.17) is 5.73 Å². The molecule has 0 unspecified atom stereocenters. The number of allylic oxidation sites excluding steroid dienone is 2. The van der Waals surface area contributed by atoms with Gasteiger partial charge in [-0.1, -0.05) is 0 Å². The Morgan fingerprint density at radius 1 is 1.33 bits per heavy atom. The molecule has 0 aromatic rings. The number of rotatable bonds is 1. The van der Waals surface area contributed by atoms with Gasteiger partial charge in [0.15, 0.2) is 0 Å². The largest absolute Gasteiger partial charge is 0.405 e. The van der Waals surface area contributed by atoms with Crippen LogP contribution >= 0.6 is 0 Å². The van der Waals surface area contributed by atoms with Crippen molar-refractivity contribution in [2.75, 3.05) is 0 Å². The molecule has 0 heterocycles. The second kappa shape index (κ2) is 4.21. The third kappa shape index (κ3) is 3.21. The molecule has 0 saturated heterocycles. The molecule has 6 heavy (non-hydrogen) atoms. The molecule has 0 aliphatic carbocycles. The third-order valence-electron chi connectivity index (χ3n) is 0.295. The highest BCUT2D eigenvalue weighted by Gasteiger charge is 1.51. The zero-order valence-electron chi connectivity index (χ0n) is 3.26. The maximum Gasteiger partial charge on any atom is 0.0867 e. The number of nitrogens with two attached hydrogens (primary N) is 1. The predicted molar refractivity (Wildman–Crippen MR) is 23.6 cm³/mol. The fraction of sp³-hybridized carbons (Fsp3) is 0. The molecule has 0 amide bonds. The lowest BCUT2D eigenvalue weighted by Gasteiger charge is -1.61. The van der Waals surface area contributed by atoms with E-state index < -0.39 is 0 Å². The molecule has 34 valence electrons. The maximum absolute atomic E-state index is 10.9. The molecule has 0 fully saturated rings. The van der Waals surface area contributed by atoms with Crippen molar-refractivity contribution in [1.29, 1.82) is 0 Å². The van der Waals surface area contributed by atoms with Gasteiger partial charge in [-0.05, 0) is 18.4 Å². The molecule has 2 heteroatoms. The van der Waals surface area contributed by atoms with Crippen LogP contribution in [-0.4, -0.2) is 0 Å². The summed E-state index contributed by atoms with van der Waals surface area (Å²) in [5.41, 5.74) is 4.82. The molecule has 2 N–H and O–H groups in total. The van der Waals surface area contributed by atoms with Crippen molar-refractivity contribution in [3.8, 4) is 0 Å². The Morgan fingerprint density at radius 2 is 2.00 bits per heavy atom. The highest BCUT2D eigenvalue weighted by atomic mass is 19.1. The van der Waals surface area contributed by atoms with Crippen LogP contribution in [0, 0.1) is 0 Å². The summed E-state index contributed by atoms with van der Waals surface area (Å²) in [6, 6.07) is 0. The van der Waals surface area contributed by atoms with Gasteiger partial charge in [-0.25, -0.2) is 4.39 Å². The first-order valence-electron chi connectivity index (χ1n) is 1.55. The van der Waals surface area contributed by atoms with Gasteiger partial charge in [-0.2, -0.15) is 0 Å². The van der Waals surface area contributed by atoms with Crippen LogP contribution in [0.15, 0.2) is 24.7 Å². The van der Waals surface area contributed by atoms with Gasteiger partial charge in [0.2, 0.25) is 0 Å². The van der Waals surface area contributed by atoms with Crippen molar-refractivity contribution in [1.82, 2.24) is 0 Å². The van der Waals surface area contributed by atoms with Gasteiger partial charge in [0.05, 0.1) is 6.33 Å². The van der Waals surface area contributed by atoms with Gasteiger partial charge < -0.3 is 5.73 Å². The van der Waals surface area contributed by atoms with E-state index >= 15 is 0 Å². The van der Waals surface area contributed by atoms with E-state index in [0.29, 0.717) is 6.33 Å². The summed E-state index contributed by atoms with van der Waals surface area (Å²) in [5.74, 6) is 0. The molecule has 0 atom stereocenters. The van der Waals surface area contributed by atoms with Gasteiger partial charge in [0, 0.05) is 0 Å². The zero-order valence-corrected chi connectivity index (χ0v) is 3.26. The fourth-order valence-corrected chi connectivity index (χ4v) is 0.106. The normalized spacial score (nSPS) is 11.5.